The van der Waals surface area contributed by atoms with Crippen LogP contribution in [0.1, 0.15) is 5.56 Å². The van der Waals surface area contributed by atoms with E-state index in [9.17, 15) is 13.2 Å². The van der Waals surface area contributed by atoms with Crippen molar-refractivity contribution in [2.45, 2.75) is 11.4 Å². The number of carbonyl (C=O) groups is 1. The number of carbonyl (C=O) groups excluding carboxylic acids is 1. The highest BCUT2D eigenvalue weighted by Crippen LogP contribution is 2.33. The van der Waals surface area contributed by atoms with Gasteiger partial charge in [-0.15, -0.1) is 0 Å². The first-order chi connectivity index (χ1) is 16.4. The van der Waals surface area contributed by atoms with Crippen molar-refractivity contribution in [1.82, 2.24) is 4.31 Å². The second-order valence-electron chi connectivity index (χ2n) is 7.46. The van der Waals surface area contributed by atoms with Gasteiger partial charge in [0.2, 0.25) is 15.9 Å². The Bertz CT molecular complexity index is 1280. The molecule has 0 saturated carbocycles. The van der Waals surface area contributed by atoms with E-state index < -0.39 is 22.5 Å². The maximum atomic E-state index is 13.5. The third-order valence-electron chi connectivity index (χ3n) is 5.11. The predicted molar refractivity (Wildman–Crippen MR) is 128 cm³/mol. The van der Waals surface area contributed by atoms with E-state index in [1.54, 1.807) is 42.5 Å². The van der Waals surface area contributed by atoms with Gasteiger partial charge in [-0.25, -0.2) is 8.42 Å². The van der Waals surface area contributed by atoms with Gasteiger partial charge in [0.25, 0.3) is 0 Å². The molecule has 1 amide bonds. The topological polar surface area (TPSA) is 94.2 Å². The van der Waals surface area contributed by atoms with Crippen LogP contribution in [-0.4, -0.2) is 45.5 Å². The average molecular weight is 503 g/mol. The van der Waals surface area contributed by atoms with Crippen LogP contribution in [0.25, 0.3) is 0 Å². The quantitative estimate of drug-likeness (QED) is 0.501. The van der Waals surface area contributed by atoms with Gasteiger partial charge in [0.15, 0.2) is 11.5 Å². The number of hydrogen-bond donors (Lipinski definition) is 1. The van der Waals surface area contributed by atoms with Gasteiger partial charge >= 0.3 is 0 Å². The summed E-state index contributed by atoms with van der Waals surface area (Å²) in [4.78, 5) is 12.9. The molecule has 4 rings (SSSR count). The van der Waals surface area contributed by atoms with Gasteiger partial charge in [-0.05, 0) is 35.9 Å². The van der Waals surface area contributed by atoms with E-state index in [1.165, 1.54) is 25.3 Å². The largest absolute Gasteiger partial charge is 0.495 e. The third-order valence-corrected chi connectivity index (χ3v) is 7.19. The molecule has 10 heteroatoms. The fourth-order valence-corrected chi connectivity index (χ4v) is 5.18. The van der Waals surface area contributed by atoms with Crippen molar-refractivity contribution in [3.63, 3.8) is 0 Å². The molecule has 1 N–H and O–H groups in total. The van der Waals surface area contributed by atoms with Gasteiger partial charge in [0.1, 0.15) is 19.0 Å². The van der Waals surface area contributed by atoms with Crippen LogP contribution in [0, 0.1) is 0 Å². The molecule has 0 spiro atoms. The molecule has 1 heterocycles. The summed E-state index contributed by atoms with van der Waals surface area (Å²) < 4.78 is 44.2. The molecular weight excluding hydrogens is 480 g/mol. The molecule has 8 nitrogen and oxygen atoms in total. The van der Waals surface area contributed by atoms with E-state index in [-0.39, 0.29) is 16.5 Å². The van der Waals surface area contributed by atoms with E-state index in [0.29, 0.717) is 36.1 Å². The maximum absolute atomic E-state index is 13.5. The minimum absolute atomic E-state index is 0.00137. The Morgan fingerprint density at radius 1 is 1.03 bits per heavy atom. The highest BCUT2D eigenvalue weighted by atomic mass is 35.5. The Kier molecular flexibility index (Phi) is 7.26. The van der Waals surface area contributed by atoms with E-state index in [1.807, 2.05) is 6.07 Å². The molecule has 3 aromatic carbocycles. The molecule has 0 unspecified atom stereocenters. The molecular formula is C24H23ClN2O6S. The molecule has 34 heavy (non-hydrogen) atoms. The van der Waals surface area contributed by atoms with E-state index in [2.05, 4.69) is 5.32 Å². The zero-order valence-corrected chi connectivity index (χ0v) is 19.9. The summed E-state index contributed by atoms with van der Waals surface area (Å²) in [6.07, 6.45) is 0. The van der Waals surface area contributed by atoms with Crippen LogP contribution in [-0.2, 0) is 21.4 Å². The Morgan fingerprint density at radius 2 is 1.76 bits per heavy atom. The summed E-state index contributed by atoms with van der Waals surface area (Å²) in [7, 11) is -2.62. The number of fused-ring (bicyclic) bond motifs is 1. The summed E-state index contributed by atoms with van der Waals surface area (Å²) in [5.74, 6) is 0.960. The summed E-state index contributed by atoms with van der Waals surface area (Å²) in [6, 6.07) is 18.2. The highest BCUT2D eigenvalue weighted by Gasteiger charge is 2.28. The standard InChI is InChI=1S/C24H23ClN2O6S/c1-31-21-10-8-19(14-20(21)25)34(29,30)27(15-17-5-3-2-4-6-17)16-24(28)26-18-7-9-22-23(13-18)33-12-11-32-22/h2-10,13-14H,11-12,15-16H2,1H3,(H,26,28). The summed E-state index contributed by atoms with van der Waals surface area (Å²) in [5, 5.41) is 2.89. The molecule has 0 radical (unpaired) electrons. The van der Waals surface area contributed by atoms with Crippen molar-refractivity contribution < 1.29 is 27.4 Å². The number of rotatable bonds is 8. The number of sulfonamides is 1. The summed E-state index contributed by atoms with van der Waals surface area (Å²) in [5.41, 5.74) is 1.21. The average Bonchev–Trinajstić information content (AvgIpc) is 2.84. The first kappa shape index (κ1) is 23.9. The number of nitrogens with one attached hydrogen (secondary N) is 1. The second-order valence-corrected chi connectivity index (χ2v) is 9.81. The Hall–Kier alpha value is -3.27. The number of methoxy groups -OCH3 is 1. The number of nitrogens with zero attached hydrogens (tertiary/aromatic N) is 1. The minimum atomic E-state index is -4.06. The highest BCUT2D eigenvalue weighted by molar-refractivity contribution is 7.89. The van der Waals surface area contributed by atoms with Gasteiger partial charge < -0.3 is 19.5 Å². The number of ether oxygens (including phenoxy) is 3. The molecule has 0 atom stereocenters. The number of hydrogen-bond acceptors (Lipinski definition) is 6. The van der Waals surface area contributed by atoms with Crippen molar-refractivity contribution >= 4 is 33.2 Å². The molecule has 178 valence electrons. The van der Waals surface area contributed by atoms with Gasteiger partial charge in [-0.2, -0.15) is 4.31 Å². The van der Waals surface area contributed by atoms with Crippen molar-refractivity contribution in [2.24, 2.45) is 0 Å². The molecule has 0 aliphatic carbocycles. The SMILES string of the molecule is COc1ccc(S(=O)(=O)N(CC(=O)Nc2ccc3c(c2)OCCO3)Cc2ccccc2)cc1Cl. The Morgan fingerprint density at radius 3 is 2.47 bits per heavy atom. The van der Waals surface area contributed by atoms with E-state index in [4.69, 9.17) is 25.8 Å². The predicted octanol–water partition coefficient (Wildman–Crippen LogP) is 3.95. The van der Waals surface area contributed by atoms with E-state index in [0.717, 1.165) is 9.87 Å². The van der Waals surface area contributed by atoms with Crippen molar-refractivity contribution in [3.8, 4) is 17.2 Å². The molecule has 0 bridgehead atoms. The van der Waals surface area contributed by atoms with Gasteiger partial charge in [-0.3, -0.25) is 4.79 Å². The number of amides is 1. The van der Waals surface area contributed by atoms with Crippen LogP contribution in [0.2, 0.25) is 5.02 Å². The van der Waals surface area contributed by atoms with E-state index >= 15 is 0 Å². The fourth-order valence-electron chi connectivity index (χ4n) is 3.45. The molecule has 0 saturated heterocycles. The lowest BCUT2D eigenvalue weighted by Gasteiger charge is -2.23. The molecule has 3 aromatic rings. The molecule has 0 fully saturated rings. The zero-order chi connectivity index (χ0) is 24.1. The van der Waals surface area contributed by atoms with Crippen LogP contribution in [0.4, 0.5) is 5.69 Å². The minimum Gasteiger partial charge on any atom is -0.495 e. The second kappa shape index (κ2) is 10.3. The van der Waals surface area contributed by atoms with Crippen LogP contribution < -0.4 is 19.5 Å². The molecule has 1 aliphatic rings. The smallest absolute Gasteiger partial charge is 0.243 e. The van der Waals surface area contributed by atoms with Crippen LogP contribution in [0.3, 0.4) is 0 Å². The van der Waals surface area contributed by atoms with Crippen molar-refractivity contribution in [2.75, 3.05) is 32.2 Å². The summed E-state index contributed by atoms with van der Waals surface area (Å²) >= 11 is 6.16. The van der Waals surface area contributed by atoms with Crippen molar-refractivity contribution in [1.29, 1.82) is 0 Å². The first-order valence-corrected chi connectivity index (χ1v) is 12.3. The number of benzene rings is 3. The maximum Gasteiger partial charge on any atom is 0.243 e. The lowest BCUT2D eigenvalue weighted by atomic mass is 10.2. The lowest BCUT2D eigenvalue weighted by molar-refractivity contribution is -0.116. The number of halogens is 1. The Labute approximate surface area is 203 Å². The monoisotopic (exact) mass is 502 g/mol. The normalized spacial score (nSPS) is 12.9. The van der Waals surface area contributed by atoms with Crippen molar-refractivity contribution in [3.05, 3.63) is 77.3 Å². The lowest BCUT2D eigenvalue weighted by Crippen LogP contribution is -2.37. The van der Waals surface area contributed by atoms with Crippen LogP contribution >= 0.6 is 11.6 Å². The third kappa shape index (κ3) is 5.44. The van der Waals surface area contributed by atoms with Gasteiger partial charge in [0.05, 0.1) is 23.6 Å². The number of anilines is 1. The fraction of sp³-hybridized carbons (Fsp3) is 0.208. The summed E-state index contributed by atoms with van der Waals surface area (Å²) in [6.45, 7) is 0.467. The van der Waals surface area contributed by atoms with Gasteiger partial charge in [0, 0.05) is 18.3 Å². The molecule has 0 aromatic heterocycles. The molecule has 1 aliphatic heterocycles. The first-order valence-electron chi connectivity index (χ1n) is 10.4. The van der Waals surface area contributed by atoms with Crippen LogP contribution in [0.5, 0.6) is 17.2 Å². The zero-order valence-electron chi connectivity index (χ0n) is 18.4. The van der Waals surface area contributed by atoms with Gasteiger partial charge in [-0.1, -0.05) is 41.9 Å². The Balaban J connectivity index is 1.58. The van der Waals surface area contributed by atoms with Crippen LogP contribution in [0.15, 0.2) is 71.6 Å².